The number of rotatable bonds is 6. The Labute approximate surface area is 198 Å². The second kappa shape index (κ2) is 10.2. The quantitative estimate of drug-likeness (QED) is 0.474. The van der Waals surface area contributed by atoms with Crippen LogP contribution in [0.4, 0.5) is 11.5 Å². The van der Waals surface area contributed by atoms with Crippen molar-refractivity contribution < 1.29 is 4.79 Å². The van der Waals surface area contributed by atoms with Crippen LogP contribution in [0, 0.1) is 43.4 Å². The molecule has 0 spiro atoms. The van der Waals surface area contributed by atoms with Gasteiger partial charge in [0.2, 0.25) is 5.91 Å². The van der Waals surface area contributed by atoms with Gasteiger partial charge in [0.15, 0.2) is 0 Å². The standard InChI is InChI=1S/C26H25N5OS/c1-5-22(25(32)30-21-8-6-7-16(3)17(21)4)33-26-20(14-28)23(19(13-27)24(29)31-26)18-11-9-15(2)10-12-18/h6-12,22H,5H2,1-4H3,(H2,29,31)(H,30,32). The predicted octanol–water partition coefficient (Wildman–Crippen LogP) is 5.51. The van der Waals surface area contributed by atoms with E-state index in [9.17, 15) is 15.3 Å². The van der Waals surface area contributed by atoms with Crippen molar-refractivity contribution in [3.63, 3.8) is 0 Å². The highest BCUT2D eigenvalue weighted by molar-refractivity contribution is 8.00. The van der Waals surface area contributed by atoms with E-state index in [4.69, 9.17) is 5.73 Å². The summed E-state index contributed by atoms with van der Waals surface area (Å²) in [6, 6.07) is 17.6. The summed E-state index contributed by atoms with van der Waals surface area (Å²) in [5.41, 5.74) is 11.6. The minimum atomic E-state index is -0.497. The van der Waals surface area contributed by atoms with E-state index in [0.29, 0.717) is 22.6 Å². The second-order valence-corrected chi connectivity index (χ2v) is 8.96. The summed E-state index contributed by atoms with van der Waals surface area (Å²) in [5.74, 6) is -0.138. The molecule has 1 heterocycles. The van der Waals surface area contributed by atoms with E-state index in [1.165, 1.54) is 11.8 Å². The van der Waals surface area contributed by atoms with Crippen molar-refractivity contribution in [2.75, 3.05) is 11.1 Å². The number of nitrogens with one attached hydrogen (secondary N) is 1. The summed E-state index contributed by atoms with van der Waals surface area (Å²) in [4.78, 5) is 17.4. The van der Waals surface area contributed by atoms with Crippen LogP contribution in [-0.2, 0) is 4.79 Å². The van der Waals surface area contributed by atoms with Crippen LogP contribution in [0.5, 0.6) is 0 Å². The molecule has 0 radical (unpaired) electrons. The Bertz CT molecular complexity index is 1290. The molecule has 0 aliphatic rings. The first-order valence-corrected chi connectivity index (χ1v) is 11.4. The first-order chi connectivity index (χ1) is 15.8. The number of nitriles is 2. The van der Waals surface area contributed by atoms with Gasteiger partial charge in [0.25, 0.3) is 0 Å². The smallest absolute Gasteiger partial charge is 0.237 e. The number of hydrogen-bond acceptors (Lipinski definition) is 6. The molecular formula is C26H25N5OS. The molecule has 7 heteroatoms. The topological polar surface area (TPSA) is 116 Å². The molecule has 1 atom stereocenters. The zero-order chi connectivity index (χ0) is 24.1. The number of benzene rings is 2. The van der Waals surface area contributed by atoms with Crippen molar-refractivity contribution in [3.8, 4) is 23.3 Å². The summed E-state index contributed by atoms with van der Waals surface area (Å²) in [5, 5.41) is 22.5. The number of thioether (sulfide) groups is 1. The zero-order valence-electron chi connectivity index (χ0n) is 19.1. The van der Waals surface area contributed by atoms with Gasteiger partial charge < -0.3 is 11.1 Å². The molecule has 3 aromatic rings. The number of pyridine rings is 1. The Morgan fingerprint density at radius 3 is 2.36 bits per heavy atom. The maximum Gasteiger partial charge on any atom is 0.237 e. The molecule has 3 N–H and O–H groups in total. The number of aromatic nitrogens is 1. The molecule has 1 aromatic heterocycles. The number of aryl methyl sites for hydroxylation is 2. The van der Waals surface area contributed by atoms with Crippen LogP contribution < -0.4 is 11.1 Å². The van der Waals surface area contributed by atoms with E-state index < -0.39 is 5.25 Å². The monoisotopic (exact) mass is 455 g/mol. The van der Waals surface area contributed by atoms with E-state index in [1.807, 2.05) is 70.2 Å². The SMILES string of the molecule is CCC(Sc1nc(N)c(C#N)c(-c2ccc(C)cc2)c1C#N)C(=O)Nc1cccc(C)c1C. The summed E-state index contributed by atoms with van der Waals surface area (Å²) in [7, 11) is 0. The highest BCUT2D eigenvalue weighted by Crippen LogP contribution is 2.38. The van der Waals surface area contributed by atoms with Gasteiger partial charge >= 0.3 is 0 Å². The number of nitrogens with zero attached hydrogens (tertiary/aromatic N) is 3. The average molecular weight is 456 g/mol. The summed E-state index contributed by atoms with van der Waals surface area (Å²) in [6.45, 7) is 7.82. The van der Waals surface area contributed by atoms with Crippen molar-refractivity contribution in [1.29, 1.82) is 10.5 Å². The third kappa shape index (κ3) is 5.00. The third-order valence-corrected chi connectivity index (χ3v) is 6.89. The molecule has 0 bridgehead atoms. The molecule has 0 saturated carbocycles. The van der Waals surface area contributed by atoms with E-state index >= 15 is 0 Å². The van der Waals surface area contributed by atoms with E-state index in [0.717, 1.165) is 22.4 Å². The molecule has 0 aliphatic heterocycles. The predicted molar refractivity (Wildman–Crippen MR) is 133 cm³/mol. The van der Waals surface area contributed by atoms with Gasteiger partial charge in [0.05, 0.1) is 10.8 Å². The maximum absolute atomic E-state index is 13.1. The lowest BCUT2D eigenvalue weighted by Gasteiger charge is -2.18. The van der Waals surface area contributed by atoms with Crippen LogP contribution in [0.3, 0.4) is 0 Å². The van der Waals surface area contributed by atoms with Gasteiger partial charge in [-0.1, -0.05) is 60.6 Å². The summed E-state index contributed by atoms with van der Waals surface area (Å²) in [6.07, 6.45) is 0.522. The summed E-state index contributed by atoms with van der Waals surface area (Å²) >= 11 is 1.19. The van der Waals surface area contributed by atoms with Gasteiger partial charge in [-0.25, -0.2) is 4.98 Å². The summed E-state index contributed by atoms with van der Waals surface area (Å²) < 4.78 is 0. The average Bonchev–Trinajstić information content (AvgIpc) is 2.80. The van der Waals surface area contributed by atoms with E-state index in [1.54, 1.807) is 0 Å². The minimum absolute atomic E-state index is 0.0411. The molecule has 0 fully saturated rings. The first-order valence-electron chi connectivity index (χ1n) is 10.5. The molecule has 6 nitrogen and oxygen atoms in total. The molecule has 33 heavy (non-hydrogen) atoms. The number of nitrogen functional groups attached to an aromatic ring is 1. The van der Waals surface area contributed by atoms with E-state index in [-0.39, 0.29) is 22.9 Å². The van der Waals surface area contributed by atoms with Crippen molar-refractivity contribution in [2.24, 2.45) is 0 Å². The van der Waals surface area contributed by atoms with Crippen LogP contribution in [0.2, 0.25) is 0 Å². The molecule has 0 saturated heterocycles. The van der Waals surface area contributed by atoms with Gasteiger partial charge in [0.1, 0.15) is 28.5 Å². The number of carbonyl (C=O) groups is 1. The van der Waals surface area contributed by atoms with Gasteiger partial charge in [-0.2, -0.15) is 10.5 Å². The first kappa shape index (κ1) is 23.8. The molecule has 1 amide bonds. The van der Waals surface area contributed by atoms with Gasteiger partial charge in [-0.3, -0.25) is 4.79 Å². The molecule has 3 rings (SSSR count). The number of anilines is 2. The molecule has 2 aromatic carbocycles. The lowest BCUT2D eigenvalue weighted by Crippen LogP contribution is -2.25. The lowest BCUT2D eigenvalue weighted by molar-refractivity contribution is -0.115. The Hall–Kier alpha value is -3.81. The molecular weight excluding hydrogens is 430 g/mol. The minimum Gasteiger partial charge on any atom is -0.383 e. The van der Waals surface area contributed by atoms with Crippen molar-refractivity contribution >= 4 is 29.2 Å². The lowest BCUT2D eigenvalue weighted by atomic mass is 9.96. The fourth-order valence-electron chi connectivity index (χ4n) is 3.45. The Morgan fingerprint density at radius 1 is 1.09 bits per heavy atom. The number of nitrogens with two attached hydrogens (primary N) is 1. The number of hydrogen-bond donors (Lipinski definition) is 2. The highest BCUT2D eigenvalue weighted by Gasteiger charge is 2.25. The van der Waals surface area contributed by atoms with Crippen LogP contribution in [-0.4, -0.2) is 16.1 Å². The fourth-order valence-corrected chi connectivity index (χ4v) is 4.47. The highest BCUT2D eigenvalue weighted by atomic mass is 32.2. The number of amides is 1. The fraction of sp³-hybridized carbons (Fsp3) is 0.231. The van der Waals surface area contributed by atoms with Crippen LogP contribution in [0.15, 0.2) is 47.5 Å². The van der Waals surface area contributed by atoms with Gasteiger partial charge in [0, 0.05) is 11.3 Å². The number of carbonyl (C=O) groups excluding carboxylic acids is 1. The molecule has 0 aliphatic carbocycles. The van der Waals surface area contributed by atoms with Crippen molar-refractivity contribution in [1.82, 2.24) is 4.98 Å². The molecule has 1 unspecified atom stereocenters. The van der Waals surface area contributed by atoms with Crippen molar-refractivity contribution in [2.45, 2.75) is 44.4 Å². The zero-order valence-corrected chi connectivity index (χ0v) is 19.9. The Kier molecular flexibility index (Phi) is 7.37. The normalized spacial score (nSPS) is 11.3. The maximum atomic E-state index is 13.1. The van der Waals surface area contributed by atoms with E-state index in [2.05, 4.69) is 22.4 Å². The van der Waals surface area contributed by atoms with Crippen LogP contribution >= 0.6 is 11.8 Å². The van der Waals surface area contributed by atoms with Crippen LogP contribution in [0.25, 0.3) is 11.1 Å². The largest absolute Gasteiger partial charge is 0.383 e. The van der Waals surface area contributed by atoms with Gasteiger partial charge in [-0.05, 0) is 49.9 Å². The Balaban J connectivity index is 2.02. The van der Waals surface area contributed by atoms with Crippen LogP contribution in [0.1, 0.15) is 41.2 Å². The van der Waals surface area contributed by atoms with Crippen molar-refractivity contribution in [3.05, 3.63) is 70.3 Å². The second-order valence-electron chi connectivity index (χ2n) is 7.77. The Morgan fingerprint density at radius 2 is 1.76 bits per heavy atom. The third-order valence-electron chi connectivity index (χ3n) is 5.54. The van der Waals surface area contributed by atoms with Gasteiger partial charge in [-0.15, -0.1) is 0 Å². The molecule has 166 valence electrons.